The van der Waals surface area contributed by atoms with Gasteiger partial charge in [-0.05, 0) is 56.1 Å². The van der Waals surface area contributed by atoms with Gasteiger partial charge in [0.25, 0.3) is 0 Å². The van der Waals surface area contributed by atoms with Crippen molar-refractivity contribution in [2.75, 3.05) is 5.75 Å². The number of esters is 1. The van der Waals surface area contributed by atoms with Gasteiger partial charge in [0.05, 0.1) is 5.75 Å². The molecule has 0 amide bonds. The van der Waals surface area contributed by atoms with Crippen molar-refractivity contribution in [2.24, 2.45) is 23.7 Å². The first-order valence-corrected chi connectivity index (χ1v) is 12.1. The van der Waals surface area contributed by atoms with E-state index in [0.717, 1.165) is 25.7 Å². The molecule has 4 saturated heterocycles. The van der Waals surface area contributed by atoms with Crippen LogP contribution in [-0.4, -0.2) is 34.8 Å². The maximum atomic E-state index is 13.3. The summed E-state index contributed by atoms with van der Waals surface area (Å²) in [5, 5.41) is 0. The molecule has 4 aliphatic heterocycles. The van der Waals surface area contributed by atoms with Crippen molar-refractivity contribution in [3.63, 3.8) is 0 Å². The van der Waals surface area contributed by atoms with Gasteiger partial charge in [-0.15, -0.1) is 11.8 Å². The minimum Gasteiger partial charge on any atom is -0.426 e. The number of hydrogen-bond acceptors (Lipinski definition) is 7. The molecule has 0 radical (unpaired) electrons. The highest BCUT2D eigenvalue weighted by Crippen LogP contribution is 2.61. The van der Waals surface area contributed by atoms with Crippen LogP contribution in [0.5, 0.6) is 5.75 Å². The number of carbonyl (C=O) groups is 1. The standard InChI is InChI=1S/C23H29FO6S/c1-13-7-8-18-14(2)20(31-12-19(25)26-16-6-4-5-15(24)11-16)27-21-23(18)17(13)9-10-22(3,28-21)29-30-23/h4-6,11,13-14,17-18,20-21H,7-10,12H2,1-3H3/t13-,14-,17+,18+,20+,21-,22+,23-/m1/s1. The Kier molecular flexibility index (Phi) is 5.58. The van der Waals surface area contributed by atoms with E-state index in [2.05, 4.69) is 13.8 Å². The number of ether oxygens (including phenoxy) is 3. The van der Waals surface area contributed by atoms with Crippen molar-refractivity contribution >= 4 is 17.7 Å². The molecule has 8 heteroatoms. The molecule has 4 heterocycles. The zero-order valence-electron chi connectivity index (χ0n) is 18.0. The number of benzene rings is 1. The predicted molar refractivity (Wildman–Crippen MR) is 111 cm³/mol. The Morgan fingerprint density at radius 3 is 2.87 bits per heavy atom. The predicted octanol–water partition coefficient (Wildman–Crippen LogP) is 4.67. The number of thioether (sulfide) groups is 1. The van der Waals surface area contributed by atoms with E-state index in [9.17, 15) is 9.18 Å². The highest BCUT2D eigenvalue weighted by Gasteiger charge is 2.69. The topological polar surface area (TPSA) is 63.2 Å². The number of hydrogen-bond donors (Lipinski definition) is 0. The highest BCUT2D eigenvalue weighted by molar-refractivity contribution is 8.00. The van der Waals surface area contributed by atoms with Crippen LogP contribution in [0.2, 0.25) is 0 Å². The molecule has 5 aliphatic rings. The summed E-state index contributed by atoms with van der Waals surface area (Å²) >= 11 is 1.40. The molecule has 0 aromatic heterocycles. The number of fused-ring (bicyclic) bond motifs is 2. The van der Waals surface area contributed by atoms with Crippen LogP contribution in [-0.2, 0) is 24.0 Å². The average molecular weight is 453 g/mol. The molecule has 1 saturated carbocycles. The van der Waals surface area contributed by atoms with E-state index < -0.39 is 29.5 Å². The Labute approximate surface area is 186 Å². The van der Waals surface area contributed by atoms with E-state index >= 15 is 0 Å². The van der Waals surface area contributed by atoms with Gasteiger partial charge >= 0.3 is 5.97 Å². The highest BCUT2D eigenvalue weighted by atomic mass is 32.2. The van der Waals surface area contributed by atoms with Crippen LogP contribution in [0.4, 0.5) is 4.39 Å². The van der Waals surface area contributed by atoms with Crippen LogP contribution >= 0.6 is 11.8 Å². The largest absolute Gasteiger partial charge is 0.426 e. The second kappa shape index (κ2) is 7.99. The van der Waals surface area contributed by atoms with Gasteiger partial charge in [0, 0.05) is 18.4 Å². The third-order valence-corrected chi connectivity index (χ3v) is 8.76. The van der Waals surface area contributed by atoms with Crippen molar-refractivity contribution in [3.8, 4) is 5.75 Å². The summed E-state index contributed by atoms with van der Waals surface area (Å²) in [5.74, 6) is -0.203. The Bertz CT molecular complexity index is 853. The normalized spacial score (nSPS) is 43.7. The first-order chi connectivity index (χ1) is 14.8. The fourth-order valence-electron chi connectivity index (χ4n) is 5.90. The van der Waals surface area contributed by atoms with Crippen LogP contribution in [0, 0.1) is 29.5 Å². The SMILES string of the molecule is C[C@H]1[C@H](SCC(=O)Oc2cccc(F)c2)O[C@@H]2O[C@]3(C)CC[C@H]4[C@H](C)CC[C@@H]1[C@@]24OO3. The summed E-state index contributed by atoms with van der Waals surface area (Å²) in [5.41, 5.74) is -0.840. The fraction of sp³-hybridized carbons (Fsp3) is 0.696. The molecule has 0 unspecified atom stereocenters. The summed E-state index contributed by atoms with van der Waals surface area (Å²) in [6.45, 7) is 6.34. The van der Waals surface area contributed by atoms with E-state index in [1.54, 1.807) is 6.07 Å². The monoisotopic (exact) mass is 452 g/mol. The summed E-state index contributed by atoms with van der Waals surface area (Å²) in [6.07, 6.45) is 3.36. The third-order valence-electron chi connectivity index (χ3n) is 7.49. The van der Waals surface area contributed by atoms with E-state index in [4.69, 9.17) is 24.0 Å². The van der Waals surface area contributed by atoms with Gasteiger partial charge < -0.3 is 14.2 Å². The molecule has 1 aromatic carbocycles. The van der Waals surface area contributed by atoms with E-state index in [1.807, 2.05) is 6.92 Å². The summed E-state index contributed by atoms with van der Waals surface area (Å²) in [4.78, 5) is 24.3. The smallest absolute Gasteiger partial charge is 0.321 e. The van der Waals surface area contributed by atoms with Crippen molar-refractivity contribution in [1.29, 1.82) is 0 Å². The zero-order valence-corrected chi connectivity index (χ0v) is 18.9. The zero-order chi connectivity index (χ0) is 21.8. The van der Waals surface area contributed by atoms with Crippen LogP contribution < -0.4 is 4.74 Å². The maximum absolute atomic E-state index is 13.3. The molecule has 6 nitrogen and oxygen atoms in total. The van der Waals surface area contributed by atoms with Crippen LogP contribution in [0.1, 0.15) is 46.5 Å². The first-order valence-electron chi connectivity index (χ1n) is 11.1. The van der Waals surface area contributed by atoms with E-state index in [0.29, 0.717) is 11.8 Å². The quantitative estimate of drug-likeness (QED) is 0.374. The van der Waals surface area contributed by atoms with Gasteiger partial charge in [-0.3, -0.25) is 4.79 Å². The molecule has 1 aromatic rings. The van der Waals surface area contributed by atoms with Gasteiger partial charge in [0.1, 0.15) is 17.0 Å². The number of halogens is 1. The first kappa shape index (κ1) is 21.6. The molecule has 5 fully saturated rings. The van der Waals surface area contributed by atoms with Crippen LogP contribution in [0.3, 0.4) is 0 Å². The Hall–Kier alpha value is -1.19. The average Bonchev–Trinajstić information content (AvgIpc) is 2.95. The second-order valence-corrected chi connectivity index (χ2v) is 10.6. The summed E-state index contributed by atoms with van der Waals surface area (Å²) in [6, 6.07) is 5.58. The summed E-state index contributed by atoms with van der Waals surface area (Å²) < 4.78 is 31.4. The lowest BCUT2D eigenvalue weighted by Crippen LogP contribution is -2.70. The van der Waals surface area contributed by atoms with Crippen molar-refractivity contribution in [1.82, 2.24) is 0 Å². The molecule has 2 bridgehead atoms. The molecule has 6 rings (SSSR count). The lowest BCUT2D eigenvalue weighted by atomic mass is 9.58. The number of rotatable bonds is 4. The van der Waals surface area contributed by atoms with Gasteiger partial charge in [0.15, 0.2) is 11.9 Å². The maximum Gasteiger partial charge on any atom is 0.321 e. The molecule has 170 valence electrons. The van der Waals surface area contributed by atoms with E-state index in [-0.39, 0.29) is 28.8 Å². The Morgan fingerprint density at radius 2 is 2.06 bits per heavy atom. The van der Waals surface area contributed by atoms with Gasteiger partial charge in [-0.25, -0.2) is 14.2 Å². The minimum absolute atomic E-state index is 0.104. The molecular formula is C23H29FO6S. The second-order valence-electron chi connectivity index (χ2n) is 9.52. The Balaban J connectivity index is 1.31. The summed E-state index contributed by atoms with van der Waals surface area (Å²) in [7, 11) is 0. The third kappa shape index (κ3) is 3.70. The molecule has 31 heavy (non-hydrogen) atoms. The van der Waals surface area contributed by atoms with Gasteiger partial charge in [0.2, 0.25) is 5.79 Å². The Morgan fingerprint density at radius 1 is 1.23 bits per heavy atom. The van der Waals surface area contributed by atoms with Gasteiger partial charge in [-0.2, -0.15) is 0 Å². The van der Waals surface area contributed by atoms with Gasteiger partial charge in [-0.1, -0.05) is 19.9 Å². The molecular weight excluding hydrogens is 423 g/mol. The van der Waals surface area contributed by atoms with Crippen LogP contribution in [0.25, 0.3) is 0 Å². The van der Waals surface area contributed by atoms with Crippen molar-refractivity contribution in [3.05, 3.63) is 30.1 Å². The van der Waals surface area contributed by atoms with Crippen molar-refractivity contribution < 1.29 is 33.2 Å². The molecule has 0 N–H and O–H groups in total. The lowest BCUT2D eigenvalue weighted by Gasteiger charge is -2.60. The lowest BCUT2D eigenvalue weighted by molar-refractivity contribution is -0.568. The molecule has 1 aliphatic carbocycles. The number of carbonyl (C=O) groups excluding carboxylic acids is 1. The fourth-order valence-corrected chi connectivity index (χ4v) is 6.94. The van der Waals surface area contributed by atoms with Crippen molar-refractivity contribution in [2.45, 2.75) is 69.6 Å². The molecule has 1 spiro atoms. The van der Waals surface area contributed by atoms with Crippen LogP contribution in [0.15, 0.2) is 24.3 Å². The molecule has 8 atom stereocenters. The minimum atomic E-state index is -0.816. The van der Waals surface area contributed by atoms with E-state index in [1.165, 1.54) is 30.0 Å².